The van der Waals surface area contributed by atoms with Crippen LogP contribution in [0.3, 0.4) is 0 Å². The smallest absolute Gasteiger partial charge is 0.204 e. The third kappa shape index (κ3) is 4.32. The Morgan fingerprint density at radius 3 is 2.72 bits per heavy atom. The van der Waals surface area contributed by atoms with Gasteiger partial charge in [0.1, 0.15) is 12.7 Å². The van der Waals surface area contributed by atoms with Gasteiger partial charge in [0.05, 0.1) is 7.11 Å². The van der Waals surface area contributed by atoms with E-state index in [4.69, 9.17) is 13.9 Å². The van der Waals surface area contributed by atoms with E-state index in [0.29, 0.717) is 35.4 Å². The highest BCUT2D eigenvalue weighted by Gasteiger charge is 2.21. The largest absolute Gasteiger partial charge is 0.493 e. The highest BCUT2D eigenvalue weighted by Crippen LogP contribution is 2.39. The van der Waals surface area contributed by atoms with Crippen molar-refractivity contribution in [3.63, 3.8) is 0 Å². The fourth-order valence-corrected chi connectivity index (χ4v) is 2.60. The lowest BCUT2D eigenvalue weighted by Gasteiger charge is -2.17. The van der Waals surface area contributed by atoms with Crippen molar-refractivity contribution in [3.8, 4) is 11.5 Å². The SMILES string of the molecule is CCC(C)NCC(O)COc1c(OC)ccc2c(C)c(C(C)=O)oc12. The van der Waals surface area contributed by atoms with E-state index in [1.165, 1.54) is 14.0 Å². The summed E-state index contributed by atoms with van der Waals surface area (Å²) >= 11 is 0. The number of methoxy groups -OCH3 is 1. The molecule has 2 rings (SSSR count). The number of carbonyl (C=O) groups excluding carboxylic acids is 1. The molecule has 0 amide bonds. The first-order valence-electron chi connectivity index (χ1n) is 8.54. The Labute approximate surface area is 148 Å². The average molecular weight is 349 g/mol. The number of benzene rings is 1. The van der Waals surface area contributed by atoms with E-state index in [1.807, 2.05) is 13.0 Å². The number of furan rings is 1. The second kappa shape index (κ2) is 8.36. The molecule has 2 unspecified atom stereocenters. The molecule has 0 aliphatic rings. The Kier molecular flexibility index (Phi) is 6.45. The quantitative estimate of drug-likeness (QED) is 0.677. The molecular formula is C19H27NO5. The first-order valence-corrected chi connectivity index (χ1v) is 8.54. The number of aliphatic hydroxyl groups is 1. The highest BCUT2D eigenvalue weighted by atomic mass is 16.5. The number of fused-ring (bicyclic) bond motifs is 1. The zero-order valence-corrected chi connectivity index (χ0v) is 15.5. The fourth-order valence-electron chi connectivity index (χ4n) is 2.60. The summed E-state index contributed by atoms with van der Waals surface area (Å²) in [6.07, 6.45) is 0.317. The summed E-state index contributed by atoms with van der Waals surface area (Å²) in [6.45, 7) is 7.97. The average Bonchev–Trinajstić information content (AvgIpc) is 2.94. The lowest BCUT2D eigenvalue weighted by molar-refractivity contribution is 0.0981. The van der Waals surface area contributed by atoms with Gasteiger partial charge >= 0.3 is 0 Å². The number of rotatable bonds is 9. The highest BCUT2D eigenvalue weighted by molar-refractivity contribution is 6.00. The van der Waals surface area contributed by atoms with E-state index in [1.54, 1.807) is 6.07 Å². The Morgan fingerprint density at radius 2 is 2.12 bits per heavy atom. The van der Waals surface area contributed by atoms with E-state index in [0.717, 1.165) is 17.4 Å². The van der Waals surface area contributed by atoms with E-state index in [-0.39, 0.29) is 12.4 Å². The number of Topliss-reactive ketones (excluding diaryl/α,β-unsaturated/α-hetero) is 1. The molecule has 25 heavy (non-hydrogen) atoms. The number of aryl methyl sites for hydroxylation is 1. The van der Waals surface area contributed by atoms with Gasteiger partial charge in [0.15, 0.2) is 22.9 Å². The van der Waals surface area contributed by atoms with Crippen LogP contribution in [0.15, 0.2) is 16.5 Å². The van der Waals surface area contributed by atoms with Crippen LogP contribution in [0.4, 0.5) is 0 Å². The Hall–Kier alpha value is -2.05. The summed E-state index contributed by atoms with van der Waals surface area (Å²) in [5.41, 5.74) is 1.23. The Balaban J connectivity index is 2.23. The van der Waals surface area contributed by atoms with Crippen LogP contribution >= 0.6 is 0 Å². The number of hydrogen-bond acceptors (Lipinski definition) is 6. The molecular weight excluding hydrogens is 322 g/mol. The summed E-state index contributed by atoms with van der Waals surface area (Å²) in [7, 11) is 1.54. The molecule has 0 bridgehead atoms. The second-order valence-corrected chi connectivity index (χ2v) is 6.27. The Bertz CT molecular complexity index is 737. The first-order chi connectivity index (χ1) is 11.9. The van der Waals surface area contributed by atoms with Gasteiger partial charge in [0.25, 0.3) is 0 Å². The van der Waals surface area contributed by atoms with Gasteiger partial charge in [-0.1, -0.05) is 6.92 Å². The van der Waals surface area contributed by atoms with Gasteiger partial charge in [0.2, 0.25) is 5.75 Å². The van der Waals surface area contributed by atoms with E-state index >= 15 is 0 Å². The number of ether oxygens (including phenoxy) is 2. The summed E-state index contributed by atoms with van der Waals surface area (Å²) in [5, 5.41) is 14.2. The van der Waals surface area contributed by atoms with Crippen molar-refractivity contribution < 1.29 is 23.8 Å². The molecule has 6 heteroatoms. The van der Waals surface area contributed by atoms with Gasteiger partial charge in [-0.3, -0.25) is 4.79 Å². The zero-order chi connectivity index (χ0) is 18.6. The number of carbonyl (C=O) groups is 1. The molecule has 1 aromatic carbocycles. The monoisotopic (exact) mass is 349 g/mol. The maximum atomic E-state index is 11.7. The third-order valence-electron chi connectivity index (χ3n) is 4.30. The third-order valence-corrected chi connectivity index (χ3v) is 4.30. The second-order valence-electron chi connectivity index (χ2n) is 6.27. The molecule has 1 heterocycles. The minimum absolute atomic E-state index is 0.0913. The minimum Gasteiger partial charge on any atom is -0.493 e. The molecule has 138 valence electrons. The molecule has 0 fully saturated rings. The van der Waals surface area contributed by atoms with Crippen molar-refractivity contribution in [1.29, 1.82) is 0 Å². The standard InChI is InChI=1S/C19H27NO5/c1-6-11(2)20-9-14(22)10-24-19-16(23-5)8-7-15-12(3)17(13(4)21)25-18(15)19/h7-8,11,14,20,22H,6,9-10H2,1-5H3. The van der Waals surface area contributed by atoms with E-state index in [9.17, 15) is 9.90 Å². The van der Waals surface area contributed by atoms with Gasteiger partial charge in [-0.25, -0.2) is 0 Å². The number of nitrogens with one attached hydrogen (secondary N) is 1. The van der Waals surface area contributed by atoms with Crippen LogP contribution in [0.25, 0.3) is 11.0 Å². The predicted molar refractivity (Wildman–Crippen MR) is 96.8 cm³/mol. The van der Waals surface area contributed by atoms with Crippen LogP contribution in [-0.4, -0.2) is 43.3 Å². The van der Waals surface area contributed by atoms with Gasteiger partial charge in [-0.15, -0.1) is 0 Å². The number of hydrogen-bond donors (Lipinski definition) is 2. The molecule has 0 radical (unpaired) electrons. The molecule has 6 nitrogen and oxygen atoms in total. The van der Waals surface area contributed by atoms with Crippen LogP contribution in [-0.2, 0) is 0 Å². The van der Waals surface area contributed by atoms with Crippen molar-refractivity contribution in [1.82, 2.24) is 5.32 Å². The summed E-state index contributed by atoms with van der Waals surface area (Å²) in [6, 6.07) is 3.94. The van der Waals surface area contributed by atoms with Crippen molar-refractivity contribution in [2.24, 2.45) is 0 Å². The lowest BCUT2D eigenvalue weighted by atomic mass is 10.1. The van der Waals surface area contributed by atoms with E-state index in [2.05, 4.69) is 19.2 Å². The predicted octanol–water partition coefficient (Wildman–Crippen LogP) is 3.08. The molecule has 0 aliphatic heterocycles. The molecule has 2 N–H and O–H groups in total. The Morgan fingerprint density at radius 1 is 1.40 bits per heavy atom. The van der Waals surface area contributed by atoms with Crippen LogP contribution in [0.1, 0.15) is 43.3 Å². The molecule has 0 aliphatic carbocycles. The molecule has 1 aromatic heterocycles. The first kappa shape index (κ1) is 19.3. The molecule has 0 spiro atoms. The lowest BCUT2D eigenvalue weighted by Crippen LogP contribution is -2.36. The van der Waals surface area contributed by atoms with Crippen molar-refractivity contribution in [2.45, 2.75) is 46.3 Å². The van der Waals surface area contributed by atoms with Crippen LogP contribution in [0.2, 0.25) is 0 Å². The summed E-state index contributed by atoms with van der Waals surface area (Å²) in [4.78, 5) is 11.7. The molecule has 2 aromatic rings. The van der Waals surface area contributed by atoms with Crippen LogP contribution in [0, 0.1) is 6.92 Å². The number of ketones is 1. The zero-order valence-electron chi connectivity index (χ0n) is 15.5. The van der Waals surface area contributed by atoms with Crippen LogP contribution in [0.5, 0.6) is 11.5 Å². The normalized spacial score (nSPS) is 13.7. The van der Waals surface area contributed by atoms with E-state index < -0.39 is 6.10 Å². The maximum absolute atomic E-state index is 11.7. The van der Waals surface area contributed by atoms with Crippen LogP contribution < -0.4 is 14.8 Å². The molecule has 0 saturated carbocycles. The number of aliphatic hydroxyl groups excluding tert-OH is 1. The molecule has 2 atom stereocenters. The van der Waals surface area contributed by atoms with Crippen molar-refractivity contribution >= 4 is 16.8 Å². The van der Waals surface area contributed by atoms with Crippen molar-refractivity contribution in [2.75, 3.05) is 20.3 Å². The topological polar surface area (TPSA) is 80.9 Å². The maximum Gasteiger partial charge on any atom is 0.204 e. The van der Waals surface area contributed by atoms with Gasteiger partial charge < -0.3 is 24.3 Å². The van der Waals surface area contributed by atoms with Gasteiger partial charge in [-0.2, -0.15) is 0 Å². The summed E-state index contributed by atoms with van der Waals surface area (Å²) in [5.74, 6) is 1.07. The summed E-state index contributed by atoms with van der Waals surface area (Å²) < 4.78 is 16.9. The van der Waals surface area contributed by atoms with Crippen molar-refractivity contribution in [3.05, 3.63) is 23.5 Å². The van der Waals surface area contributed by atoms with Gasteiger partial charge in [0, 0.05) is 30.5 Å². The minimum atomic E-state index is -0.669. The van der Waals surface area contributed by atoms with Gasteiger partial charge in [-0.05, 0) is 32.4 Å². The molecule has 0 saturated heterocycles. The fraction of sp³-hybridized carbons (Fsp3) is 0.526.